The van der Waals surface area contributed by atoms with E-state index in [1.165, 1.54) is 60.3 Å². The summed E-state index contributed by atoms with van der Waals surface area (Å²) in [6.07, 6.45) is 1.53. The van der Waals surface area contributed by atoms with Crippen LogP contribution in [0.15, 0.2) is 54.7 Å². The monoisotopic (exact) mass is 356 g/mol. The van der Waals surface area contributed by atoms with Crippen LogP contribution in [0, 0.1) is 11.6 Å². The normalized spacial score (nSPS) is 10.4. The van der Waals surface area contributed by atoms with E-state index in [0.717, 1.165) is 6.07 Å². The Bertz CT molecular complexity index is 968. The Morgan fingerprint density at radius 2 is 1.73 bits per heavy atom. The van der Waals surface area contributed by atoms with Gasteiger partial charge in [0.1, 0.15) is 11.6 Å². The van der Waals surface area contributed by atoms with Gasteiger partial charge in [-0.2, -0.15) is 5.10 Å². The van der Waals surface area contributed by atoms with Crippen LogP contribution in [0.2, 0.25) is 0 Å². The van der Waals surface area contributed by atoms with Gasteiger partial charge in [-0.15, -0.1) is 0 Å². The van der Waals surface area contributed by atoms with E-state index >= 15 is 0 Å². The second-order valence-electron chi connectivity index (χ2n) is 5.45. The molecule has 3 aromatic rings. The van der Waals surface area contributed by atoms with E-state index in [0.29, 0.717) is 11.4 Å². The highest BCUT2D eigenvalue weighted by Crippen LogP contribution is 2.20. The summed E-state index contributed by atoms with van der Waals surface area (Å²) in [4.78, 5) is 23.4. The van der Waals surface area contributed by atoms with E-state index < -0.39 is 11.7 Å². The van der Waals surface area contributed by atoms with Crippen LogP contribution in [-0.2, 0) is 4.79 Å². The zero-order chi connectivity index (χ0) is 18.7. The van der Waals surface area contributed by atoms with E-state index in [4.69, 9.17) is 0 Å². The predicted molar refractivity (Wildman–Crippen MR) is 92.2 cm³/mol. The zero-order valence-electron chi connectivity index (χ0n) is 13.7. The molecule has 0 bridgehead atoms. The summed E-state index contributed by atoms with van der Waals surface area (Å²) in [5, 5.41) is 9.02. The summed E-state index contributed by atoms with van der Waals surface area (Å²) >= 11 is 0. The highest BCUT2D eigenvalue weighted by atomic mass is 19.1. The van der Waals surface area contributed by atoms with Crippen molar-refractivity contribution in [1.29, 1.82) is 0 Å². The first-order valence-corrected chi connectivity index (χ1v) is 7.62. The van der Waals surface area contributed by atoms with Gasteiger partial charge in [-0.1, -0.05) is 0 Å². The molecular formula is C18H14F2N4O2. The molecule has 3 rings (SSSR count). The molecule has 0 atom stereocenters. The lowest BCUT2D eigenvalue weighted by molar-refractivity contribution is -0.114. The van der Waals surface area contributed by atoms with Gasteiger partial charge in [0.15, 0.2) is 5.69 Å². The fraction of sp³-hybridized carbons (Fsp3) is 0.0556. The summed E-state index contributed by atoms with van der Waals surface area (Å²) in [7, 11) is 0. The first kappa shape index (κ1) is 17.3. The zero-order valence-corrected chi connectivity index (χ0v) is 13.7. The Labute approximate surface area is 147 Å². The van der Waals surface area contributed by atoms with Crippen LogP contribution in [0.5, 0.6) is 0 Å². The van der Waals surface area contributed by atoms with Crippen LogP contribution in [0.25, 0.3) is 5.69 Å². The molecule has 2 amide bonds. The average Bonchev–Trinajstić information content (AvgIpc) is 3.08. The topological polar surface area (TPSA) is 76.0 Å². The maximum Gasteiger partial charge on any atom is 0.276 e. The Hall–Kier alpha value is -3.55. The summed E-state index contributed by atoms with van der Waals surface area (Å²) in [6, 6.07) is 10.9. The first-order chi connectivity index (χ1) is 12.4. The molecule has 2 N–H and O–H groups in total. The Kier molecular flexibility index (Phi) is 4.74. The highest BCUT2D eigenvalue weighted by Gasteiger charge is 2.13. The van der Waals surface area contributed by atoms with Crippen molar-refractivity contribution in [2.45, 2.75) is 6.92 Å². The van der Waals surface area contributed by atoms with Crippen molar-refractivity contribution < 1.29 is 18.4 Å². The second kappa shape index (κ2) is 7.14. The maximum atomic E-state index is 13.9. The van der Waals surface area contributed by atoms with Crippen molar-refractivity contribution in [2.75, 3.05) is 10.6 Å². The van der Waals surface area contributed by atoms with Crippen molar-refractivity contribution in [1.82, 2.24) is 9.78 Å². The van der Waals surface area contributed by atoms with Crippen LogP contribution in [0.3, 0.4) is 0 Å². The number of hydrogen-bond acceptors (Lipinski definition) is 3. The van der Waals surface area contributed by atoms with Gasteiger partial charge in [-0.05, 0) is 48.5 Å². The number of amides is 2. The second-order valence-corrected chi connectivity index (χ2v) is 5.45. The minimum Gasteiger partial charge on any atom is -0.326 e. The van der Waals surface area contributed by atoms with Crippen molar-refractivity contribution in [2.24, 2.45) is 0 Å². The van der Waals surface area contributed by atoms with E-state index in [1.807, 2.05) is 0 Å². The molecule has 0 saturated heterocycles. The minimum absolute atomic E-state index is 0.0543. The average molecular weight is 356 g/mol. The van der Waals surface area contributed by atoms with Crippen LogP contribution in [0.1, 0.15) is 17.4 Å². The fourth-order valence-corrected chi connectivity index (χ4v) is 2.27. The lowest BCUT2D eigenvalue weighted by Crippen LogP contribution is -2.15. The van der Waals surface area contributed by atoms with Crippen LogP contribution >= 0.6 is 0 Å². The standard InChI is InChI=1S/C18H14F2N4O2/c1-11(25)21-13-4-7-15(20)17(10-13)22-18(26)16-8-9-24(23-16)14-5-2-12(19)3-6-14/h2-10H,1H3,(H,21,25)(H,22,26). The third kappa shape index (κ3) is 3.92. The van der Waals surface area contributed by atoms with Gasteiger partial charge in [-0.25, -0.2) is 13.5 Å². The third-order valence-corrected chi connectivity index (χ3v) is 3.45. The molecule has 1 heterocycles. The third-order valence-electron chi connectivity index (χ3n) is 3.45. The molecule has 0 unspecified atom stereocenters. The molecule has 2 aromatic carbocycles. The number of nitrogens with one attached hydrogen (secondary N) is 2. The Morgan fingerprint density at radius 1 is 1.00 bits per heavy atom. The molecule has 0 aliphatic carbocycles. The number of rotatable bonds is 4. The molecular weight excluding hydrogens is 342 g/mol. The van der Waals surface area contributed by atoms with E-state index in [-0.39, 0.29) is 23.1 Å². The molecule has 1 aromatic heterocycles. The molecule has 132 valence electrons. The molecule has 0 aliphatic rings. The molecule has 0 saturated carbocycles. The molecule has 6 nitrogen and oxygen atoms in total. The van der Waals surface area contributed by atoms with Crippen molar-refractivity contribution in [3.63, 3.8) is 0 Å². The van der Waals surface area contributed by atoms with Gasteiger partial charge < -0.3 is 10.6 Å². The summed E-state index contributed by atoms with van der Waals surface area (Å²) in [6.45, 7) is 1.32. The number of carbonyl (C=O) groups excluding carboxylic acids is 2. The molecule has 0 spiro atoms. The first-order valence-electron chi connectivity index (χ1n) is 7.62. The SMILES string of the molecule is CC(=O)Nc1ccc(F)c(NC(=O)c2ccn(-c3ccc(F)cc3)n2)c1. The number of hydrogen-bond donors (Lipinski definition) is 2. The van der Waals surface area contributed by atoms with Gasteiger partial charge in [-0.3, -0.25) is 9.59 Å². The van der Waals surface area contributed by atoms with Crippen molar-refractivity contribution in [3.05, 3.63) is 72.1 Å². The number of halogens is 2. The van der Waals surface area contributed by atoms with Gasteiger partial charge in [0.2, 0.25) is 5.91 Å². The van der Waals surface area contributed by atoms with Crippen molar-refractivity contribution in [3.8, 4) is 5.69 Å². The van der Waals surface area contributed by atoms with Crippen molar-refractivity contribution >= 4 is 23.2 Å². The van der Waals surface area contributed by atoms with Crippen LogP contribution < -0.4 is 10.6 Å². The number of carbonyl (C=O) groups is 2. The number of anilines is 2. The van der Waals surface area contributed by atoms with E-state index in [9.17, 15) is 18.4 Å². The van der Waals surface area contributed by atoms with Gasteiger partial charge in [0.05, 0.1) is 11.4 Å². The van der Waals surface area contributed by atoms with E-state index in [1.54, 1.807) is 0 Å². The summed E-state index contributed by atoms with van der Waals surface area (Å²) in [5.74, 6) is -1.96. The van der Waals surface area contributed by atoms with Gasteiger partial charge >= 0.3 is 0 Å². The minimum atomic E-state index is -0.648. The largest absolute Gasteiger partial charge is 0.326 e. The molecule has 0 aliphatic heterocycles. The van der Waals surface area contributed by atoms with Crippen LogP contribution in [-0.4, -0.2) is 21.6 Å². The van der Waals surface area contributed by atoms with Crippen LogP contribution in [0.4, 0.5) is 20.2 Å². The summed E-state index contributed by atoms with van der Waals surface area (Å²) in [5.41, 5.74) is 0.895. The van der Waals surface area contributed by atoms with Gasteiger partial charge in [0.25, 0.3) is 5.91 Å². The Balaban J connectivity index is 1.78. The molecule has 26 heavy (non-hydrogen) atoms. The number of nitrogens with zero attached hydrogens (tertiary/aromatic N) is 2. The number of benzene rings is 2. The molecule has 0 radical (unpaired) electrons. The predicted octanol–water partition coefficient (Wildman–Crippen LogP) is 3.36. The fourth-order valence-electron chi connectivity index (χ4n) is 2.27. The lowest BCUT2D eigenvalue weighted by atomic mass is 10.2. The van der Waals surface area contributed by atoms with E-state index in [2.05, 4.69) is 15.7 Å². The lowest BCUT2D eigenvalue weighted by Gasteiger charge is -2.08. The Morgan fingerprint density at radius 3 is 2.42 bits per heavy atom. The quantitative estimate of drug-likeness (QED) is 0.753. The summed E-state index contributed by atoms with van der Waals surface area (Å²) < 4.78 is 28.3. The highest BCUT2D eigenvalue weighted by molar-refractivity contribution is 6.03. The maximum absolute atomic E-state index is 13.9. The smallest absolute Gasteiger partial charge is 0.276 e. The molecule has 8 heteroatoms. The number of aromatic nitrogens is 2. The van der Waals surface area contributed by atoms with Gasteiger partial charge in [0, 0.05) is 18.8 Å². The molecule has 0 fully saturated rings.